The molecular weight excluding hydrogens is 198 g/mol. The maximum absolute atomic E-state index is 5.18. The molecule has 1 aromatic rings. The lowest BCUT2D eigenvalue weighted by Crippen LogP contribution is -2.37. The molecule has 1 aliphatic rings. The van der Waals surface area contributed by atoms with Gasteiger partial charge in [0.1, 0.15) is 5.75 Å². The Morgan fingerprint density at radius 3 is 2.44 bits per heavy atom. The quantitative estimate of drug-likeness (QED) is 0.820. The molecule has 1 aliphatic carbocycles. The van der Waals surface area contributed by atoms with E-state index in [4.69, 9.17) is 4.74 Å². The molecule has 1 atom stereocenters. The van der Waals surface area contributed by atoms with Crippen LogP contribution in [0.2, 0.25) is 0 Å². The van der Waals surface area contributed by atoms with Crippen molar-refractivity contribution in [2.75, 3.05) is 7.11 Å². The Balaban J connectivity index is 2.00. The smallest absolute Gasteiger partial charge is 0.118 e. The highest BCUT2D eigenvalue weighted by Crippen LogP contribution is 2.25. The molecule has 0 radical (unpaired) electrons. The second-order valence-corrected chi connectivity index (χ2v) is 4.53. The van der Waals surface area contributed by atoms with Gasteiger partial charge in [0, 0.05) is 12.1 Å². The van der Waals surface area contributed by atoms with Gasteiger partial charge in [-0.25, -0.2) is 0 Å². The average Bonchev–Trinajstić information content (AvgIpc) is 2.28. The second kappa shape index (κ2) is 5.35. The van der Waals surface area contributed by atoms with Gasteiger partial charge in [-0.15, -0.1) is 0 Å². The van der Waals surface area contributed by atoms with Crippen LogP contribution in [0.25, 0.3) is 0 Å². The van der Waals surface area contributed by atoms with Crippen LogP contribution in [0.1, 0.15) is 44.2 Å². The van der Waals surface area contributed by atoms with E-state index >= 15 is 0 Å². The van der Waals surface area contributed by atoms with Gasteiger partial charge in [0.2, 0.25) is 0 Å². The third kappa shape index (κ3) is 2.56. The maximum Gasteiger partial charge on any atom is 0.118 e. The van der Waals surface area contributed by atoms with Crippen LogP contribution in [-0.2, 0) is 0 Å². The maximum atomic E-state index is 5.18. The van der Waals surface area contributed by atoms with Crippen molar-refractivity contribution in [2.45, 2.75) is 44.7 Å². The van der Waals surface area contributed by atoms with Gasteiger partial charge in [-0.05, 0) is 37.0 Å². The van der Waals surface area contributed by atoms with Crippen molar-refractivity contribution in [1.29, 1.82) is 0 Å². The molecule has 0 amide bonds. The van der Waals surface area contributed by atoms with Crippen molar-refractivity contribution in [3.8, 4) is 5.75 Å². The number of methoxy groups -OCH3 is 1. The highest BCUT2D eigenvalue weighted by Gasteiger charge is 2.20. The van der Waals surface area contributed by atoms with Crippen LogP contribution in [0.15, 0.2) is 24.3 Å². The summed E-state index contributed by atoms with van der Waals surface area (Å²) >= 11 is 0. The molecule has 16 heavy (non-hydrogen) atoms. The van der Waals surface area contributed by atoms with Crippen molar-refractivity contribution in [3.63, 3.8) is 0 Å². The summed E-state index contributed by atoms with van der Waals surface area (Å²) in [7, 11) is 1.71. The van der Waals surface area contributed by atoms with Crippen LogP contribution in [0.3, 0.4) is 0 Å². The molecule has 1 saturated carbocycles. The Hall–Kier alpha value is -1.02. The Bertz CT molecular complexity index is 316. The summed E-state index contributed by atoms with van der Waals surface area (Å²) in [6, 6.07) is 9.65. The van der Waals surface area contributed by atoms with Gasteiger partial charge in [-0.1, -0.05) is 25.5 Å². The van der Waals surface area contributed by atoms with Gasteiger partial charge in [-0.3, -0.25) is 0 Å². The first kappa shape index (κ1) is 11.5. The molecule has 1 aromatic carbocycles. The average molecular weight is 219 g/mol. The fourth-order valence-electron chi connectivity index (χ4n) is 2.15. The predicted molar refractivity (Wildman–Crippen MR) is 66.8 cm³/mol. The molecule has 0 spiro atoms. The fourth-order valence-corrected chi connectivity index (χ4v) is 2.15. The van der Waals surface area contributed by atoms with Crippen LogP contribution in [0.4, 0.5) is 0 Å². The van der Waals surface area contributed by atoms with E-state index < -0.39 is 0 Å². The van der Waals surface area contributed by atoms with Crippen LogP contribution < -0.4 is 10.1 Å². The van der Waals surface area contributed by atoms with Crippen LogP contribution in [-0.4, -0.2) is 13.2 Å². The lowest BCUT2D eigenvalue weighted by Gasteiger charge is -2.31. The third-order valence-corrected chi connectivity index (χ3v) is 3.47. The highest BCUT2D eigenvalue weighted by molar-refractivity contribution is 5.29. The Labute approximate surface area is 98.0 Å². The summed E-state index contributed by atoms with van der Waals surface area (Å²) < 4.78 is 5.18. The van der Waals surface area contributed by atoms with Crippen molar-refractivity contribution < 1.29 is 4.74 Å². The molecule has 0 saturated heterocycles. The number of benzene rings is 1. The SMILES string of the molecule is CCC(NC1CCC1)c1ccc(OC)cc1. The molecule has 2 rings (SSSR count). The molecule has 1 N–H and O–H groups in total. The minimum absolute atomic E-state index is 0.496. The van der Waals surface area contributed by atoms with Gasteiger partial charge >= 0.3 is 0 Å². The van der Waals surface area contributed by atoms with E-state index in [9.17, 15) is 0 Å². The van der Waals surface area contributed by atoms with Gasteiger partial charge < -0.3 is 10.1 Å². The highest BCUT2D eigenvalue weighted by atomic mass is 16.5. The zero-order valence-electron chi connectivity index (χ0n) is 10.2. The van der Waals surface area contributed by atoms with Gasteiger partial charge in [0.05, 0.1) is 7.11 Å². The summed E-state index contributed by atoms with van der Waals surface area (Å²) in [6.45, 7) is 2.24. The zero-order chi connectivity index (χ0) is 11.4. The molecule has 2 nitrogen and oxygen atoms in total. The van der Waals surface area contributed by atoms with Gasteiger partial charge in [-0.2, -0.15) is 0 Å². The molecule has 2 heteroatoms. The first-order valence-corrected chi connectivity index (χ1v) is 6.23. The molecule has 1 fully saturated rings. The summed E-state index contributed by atoms with van der Waals surface area (Å²) in [6.07, 6.45) is 5.21. The standard InChI is InChI=1S/C14H21NO/c1-3-14(15-12-5-4-6-12)11-7-9-13(16-2)10-8-11/h7-10,12,14-15H,3-6H2,1-2H3. The lowest BCUT2D eigenvalue weighted by molar-refractivity contribution is 0.301. The van der Waals surface area contributed by atoms with E-state index in [-0.39, 0.29) is 0 Å². The van der Waals surface area contributed by atoms with E-state index in [0.29, 0.717) is 6.04 Å². The van der Waals surface area contributed by atoms with Crippen LogP contribution >= 0.6 is 0 Å². The molecule has 0 bridgehead atoms. The van der Waals surface area contributed by atoms with Crippen molar-refractivity contribution in [3.05, 3.63) is 29.8 Å². The molecule has 0 heterocycles. The minimum Gasteiger partial charge on any atom is -0.497 e. The largest absolute Gasteiger partial charge is 0.497 e. The normalized spacial score (nSPS) is 17.9. The second-order valence-electron chi connectivity index (χ2n) is 4.53. The van der Waals surface area contributed by atoms with E-state index in [2.05, 4.69) is 24.4 Å². The van der Waals surface area contributed by atoms with Crippen molar-refractivity contribution in [2.24, 2.45) is 0 Å². The first-order chi connectivity index (χ1) is 7.83. The number of nitrogens with one attached hydrogen (secondary N) is 1. The number of hydrogen-bond donors (Lipinski definition) is 1. The Morgan fingerprint density at radius 1 is 1.31 bits per heavy atom. The minimum atomic E-state index is 0.496. The predicted octanol–water partition coefficient (Wildman–Crippen LogP) is 3.29. The Kier molecular flexibility index (Phi) is 3.83. The molecule has 1 unspecified atom stereocenters. The van der Waals surface area contributed by atoms with Gasteiger partial charge in [0.15, 0.2) is 0 Å². The van der Waals surface area contributed by atoms with E-state index in [1.54, 1.807) is 7.11 Å². The van der Waals surface area contributed by atoms with Crippen LogP contribution in [0, 0.1) is 0 Å². The fraction of sp³-hybridized carbons (Fsp3) is 0.571. The number of hydrogen-bond acceptors (Lipinski definition) is 2. The van der Waals surface area contributed by atoms with Crippen LogP contribution in [0.5, 0.6) is 5.75 Å². The summed E-state index contributed by atoms with van der Waals surface area (Å²) in [4.78, 5) is 0. The van der Waals surface area contributed by atoms with E-state index in [1.165, 1.54) is 24.8 Å². The lowest BCUT2D eigenvalue weighted by atomic mass is 9.91. The first-order valence-electron chi connectivity index (χ1n) is 6.23. The number of rotatable bonds is 5. The topological polar surface area (TPSA) is 21.3 Å². The Morgan fingerprint density at radius 2 is 2.00 bits per heavy atom. The summed E-state index contributed by atoms with van der Waals surface area (Å²) in [5.74, 6) is 0.933. The van der Waals surface area contributed by atoms with Crippen molar-refractivity contribution in [1.82, 2.24) is 5.32 Å². The number of ether oxygens (including phenoxy) is 1. The summed E-state index contributed by atoms with van der Waals surface area (Å²) in [5.41, 5.74) is 1.37. The van der Waals surface area contributed by atoms with E-state index in [1.807, 2.05) is 12.1 Å². The van der Waals surface area contributed by atoms with Gasteiger partial charge in [0.25, 0.3) is 0 Å². The van der Waals surface area contributed by atoms with Crippen molar-refractivity contribution >= 4 is 0 Å². The zero-order valence-corrected chi connectivity index (χ0v) is 10.2. The molecular formula is C14H21NO. The third-order valence-electron chi connectivity index (χ3n) is 3.47. The molecule has 88 valence electrons. The van der Waals surface area contributed by atoms with E-state index in [0.717, 1.165) is 18.2 Å². The molecule has 0 aliphatic heterocycles. The molecule has 0 aromatic heterocycles. The summed E-state index contributed by atoms with van der Waals surface area (Å²) in [5, 5.41) is 3.72. The monoisotopic (exact) mass is 219 g/mol.